The van der Waals surface area contributed by atoms with E-state index >= 15 is 0 Å². The van der Waals surface area contributed by atoms with Crippen molar-refractivity contribution in [3.8, 4) is 11.4 Å². The number of aromatic nitrogens is 3. The molecule has 2 aromatic heterocycles. The average molecular weight is 427 g/mol. The maximum Gasteiger partial charge on any atom is 0.240 e. The first kappa shape index (κ1) is 19.6. The second-order valence-electron chi connectivity index (χ2n) is 6.65. The van der Waals surface area contributed by atoms with Gasteiger partial charge in [0.1, 0.15) is 11.3 Å². The number of nitrogens with zero attached hydrogens (tertiary/aromatic N) is 3. The molecule has 0 amide bonds. The van der Waals surface area contributed by atoms with Gasteiger partial charge < -0.3 is 4.57 Å². The van der Waals surface area contributed by atoms with Gasteiger partial charge in [0.25, 0.3) is 0 Å². The van der Waals surface area contributed by atoms with Crippen molar-refractivity contribution in [1.29, 1.82) is 0 Å². The molecule has 2 heterocycles. The van der Waals surface area contributed by atoms with Crippen molar-refractivity contribution >= 4 is 32.8 Å². The van der Waals surface area contributed by atoms with Gasteiger partial charge in [0.15, 0.2) is 5.65 Å². The molecule has 0 spiro atoms. The SMILES string of the molecule is Cc1ccc(-c2nc3cccnc3n2CCNS(=O)(=O)c2cccc(Cl)c2)cc1. The van der Waals surface area contributed by atoms with E-state index in [1.807, 2.05) is 47.9 Å². The van der Waals surface area contributed by atoms with Gasteiger partial charge in [0, 0.05) is 29.9 Å². The van der Waals surface area contributed by atoms with Gasteiger partial charge in [-0.15, -0.1) is 0 Å². The first-order chi connectivity index (χ1) is 13.9. The third-order valence-electron chi connectivity index (χ3n) is 4.55. The summed E-state index contributed by atoms with van der Waals surface area (Å²) in [7, 11) is -3.66. The number of pyridine rings is 1. The van der Waals surface area contributed by atoms with Crippen molar-refractivity contribution in [2.24, 2.45) is 0 Å². The number of fused-ring (bicyclic) bond motifs is 1. The second-order valence-corrected chi connectivity index (χ2v) is 8.86. The number of hydrogen-bond acceptors (Lipinski definition) is 4. The number of hydrogen-bond donors (Lipinski definition) is 1. The van der Waals surface area contributed by atoms with E-state index in [4.69, 9.17) is 16.6 Å². The van der Waals surface area contributed by atoms with E-state index in [1.165, 1.54) is 12.1 Å². The predicted molar refractivity (Wildman–Crippen MR) is 114 cm³/mol. The molecule has 148 valence electrons. The summed E-state index contributed by atoms with van der Waals surface area (Å²) in [6, 6.07) is 18.0. The number of halogens is 1. The maximum atomic E-state index is 12.6. The van der Waals surface area contributed by atoms with E-state index in [1.54, 1.807) is 18.3 Å². The molecule has 4 rings (SSSR count). The molecule has 1 N–H and O–H groups in total. The number of sulfonamides is 1. The van der Waals surface area contributed by atoms with Crippen molar-refractivity contribution in [1.82, 2.24) is 19.3 Å². The summed E-state index contributed by atoms with van der Waals surface area (Å²) in [4.78, 5) is 9.28. The fourth-order valence-electron chi connectivity index (χ4n) is 3.10. The summed E-state index contributed by atoms with van der Waals surface area (Å²) in [6.45, 7) is 2.60. The van der Waals surface area contributed by atoms with Gasteiger partial charge >= 0.3 is 0 Å². The van der Waals surface area contributed by atoms with Crippen LogP contribution in [-0.2, 0) is 16.6 Å². The van der Waals surface area contributed by atoms with Crippen LogP contribution >= 0.6 is 11.6 Å². The van der Waals surface area contributed by atoms with E-state index in [9.17, 15) is 8.42 Å². The maximum absolute atomic E-state index is 12.6. The van der Waals surface area contributed by atoms with E-state index in [0.717, 1.165) is 22.5 Å². The van der Waals surface area contributed by atoms with Gasteiger partial charge in [0.2, 0.25) is 10.0 Å². The highest BCUT2D eigenvalue weighted by molar-refractivity contribution is 7.89. The van der Waals surface area contributed by atoms with Gasteiger partial charge in [0.05, 0.1) is 4.90 Å². The molecule has 4 aromatic rings. The Balaban J connectivity index is 1.62. The van der Waals surface area contributed by atoms with E-state index in [0.29, 0.717) is 17.2 Å². The molecule has 0 aliphatic heterocycles. The lowest BCUT2D eigenvalue weighted by atomic mass is 10.1. The van der Waals surface area contributed by atoms with Crippen LogP contribution in [0.3, 0.4) is 0 Å². The first-order valence-electron chi connectivity index (χ1n) is 9.07. The van der Waals surface area contributed by atoms with Gasteiger partial charge in [-0.1, -0.05) is 47.5 Å². The van der Waals surface area contributed by atoms with Gasteiger partial charge in [-0.05, 0) is 37.3 Å². The Bertz CT molecular complexity index is 1270. The monoisotopic (exact) mass is 426 g/mol. The van der Waals surface area contributed by atoms with E-state index < -0.39 is 10.0 Å². The fraction of sp³-hybridized carbons (Fsp3) is 0.143. The van der Waals surface area contributed by atoms with Crippen LogP contribution < -0.4 is 4.72 Å². The molecule has 0 saturated carbocycles. The van der Waals surface area contributed by atoms with Crippen molar-refractivity contribution in [3.63, 3.8) is 0 Å². The molecule has 0 radical (unpaired) electrons. The highest BCUT2D eigenvalue weighted by Crippen LogP contribution is 2.24. The zero-order valence-corrected chi connectivity index (χ0v) is 17.3. The summed E-state index contributed by atoms with van der Waals surface area (Å²) >= 11 is 5.92. The Morgan fingerprint density at radius 1 is 1.07 bits per heavy atom. The minimum Gasteiger partial charge on any atom is -0.307 e. The number of benzene rings is 2. The summed E-state index contributed by atoms with van der Waals surface area (Å²) in [5, 5.41) is 0.374. The average Bonchev–Trinajstić information content (AvgIpc) is 3.07. The smallest absolute Gasteiger partial charge is 0.240 e. The lowest BCUT2D eigenvalue weighted by Gasteiger charge is -2.11. The third kappa shape index (κ3) is 4.17. The van der Waals surface area contributed by atoms with E-state index in [2.05, 4.69) is 9.71 Å². The summed E-state index contributed by atoms with van der Waals surface area (Å²) < 4.78 is 29.7. The summed E-state index contributed by atoms with van der Waals surface area (Å²) in [5.74, 6) is 0.751. The number of rotatable bonds is 6. The van der Waals surface area contributed by atoms with Gasteiger partial charge in [-0.3, -0.25) is 0 Å². The Morgan fingerprint density at radius 3 is 2.62 bits per heavy atom. The Morgan fingerprint density at radius 2 is 1.86 bits per heavy atom. The Labute approximate surface area is 174 Å². The van der Waals surface area contributed by atoms with Crippen LogP contribution in [0.15, 0.2) is 71.8 Å². The van der Waals surface area contributed by atoms with Crippen LogP contribution in [0.25, 0.3) is 22.6 Å². The highest BCUT2D eigenvalue weighted by atomic mass is 35.5. The number of aryl methyl sites for hydroxylation is 1. The molecule has 29 heavy (non-hydrogen) atoms. The Kier molecular flexibility index (Phi) is 5.36. The van der Waals surface area contributed by atoms with Crippen molar-refractivity contribution in [2.45, 2.75) is 18.4 Å². The quantitative estimate of drug-likeness (QED) is 0.504. The number of imidazole rings is 1. The van der Waals surface area contributed by atoms with Crippen molar-refractivity contribution < 1.29 is 8.42 Å². The molecule has 2 aromatic carbocycles. The molecule has 0 fully saturated rings. The standard InChI is InChI=1S/C21H19ClN4O2S/c1-15-7-9-16(10-8-15)20-25-19-6-3-11-23-21(19)26(20)13-12-24-29(27,28)18-5-2-4-17(22)14-18/h2-11,14,24H,12-13H2,1H3. The van der Waals surface area contributed by atoms with Gasteiger partial charge in [-0.2, -0.15) is 0 Å². The van der Waals surface area contributed by atoms with E-state index in [-0.39, 0.29) is 11.4 Å². The minimum absolute atomic E-state index is 0.136. The molecule has 6 nitrogen and oxygen atoms in total. The molecular formula is C21H19ClN4O2S. The van der Waals surface area contributed by atoms with Crippen LogP contribution in [0.2, 0.25) is 5.02 Å². The lowest BCUT2D eigenvalue weighted by molar-refractivity contribution is 0.574. The highest BCUT2D eigenvalue weighted by Gasteiger charge is 2.16. The molecule has 0 atom stereocenters. The normalized spacial score (nSPS) is 11.8. The largest absolute Gasteiger partial charge is 0.307 e. The van der Waals surface area contributed by atoms with Crippen LogP contribution in [0.5, 0.6) is 0 Å². The zero-order chi connectivity index (χ0) is 20.4. The van der Waals surface area contributed by atoms with Crippen molar-refractivity contribution in [2.75, 3.05) is 6.54 Å². The van der Waals surface area contributed by atoms with Crippen LogP contribution in [0.1, 0.15) is 5.56 Å². The molecule has 8 heteroatoms. The molecule has 0 saturated heterocycles. The van der Waals surface area contributed by atoms with Crippen LogP contribution in [0.4, 0.5) is 0 Å². The molecule has 0 aliphatic carbocycles. The molecule has 0 aliphatic rings. The first-order valence-corrected chi connectivity index (χ1v) is 10.9. The molecule has 0 unspecified atom stereocenters. The third-order valence-corrected chi connectivity index (χ3v) is 6.24. The molecule has 0 bridgehead atoms. The summed E-state index contributed by atoms with van der Waals surface area (Å²) in [6.07, 6.45) is 1.70. The topological polar surface area (TPSA) is 76.9 Å². The Hall–Kier alpha value is -2.74. The second kappa shape index (κ2) is 7.94. The molecular weight excluding hydrogens is 408 g/mol. The predicted octanol–water partition coefficient (Wildman–Crippen LogP) is 4.04. The summed E-state index contributed by atoms with van der Waals surface area (Å²) in [5.41, 5.74) is 3.58. The van der Waals surface area contributed by atoms with Crippen LogP contribution in [0, 0.1) is 6.92 Å². The lowest BCUT2D eigenvalue weighted by Crippen LogP contribution is -2.27. The van der Waals surface area contributed by atoms with Gasteiger partial charge in [-0.25, -0.2) is 23.1 Å². The van der Waals surface area contributed by atoms with Crippen molar-refractivity contribution in [3.05, 3.63) is 77.4 Å². The number of nitrogens with one attached hydrogen (secondary N) is 1. The minimum atomic E-state index is -3.66. The fourth-order valence-corrected chi connectivity index (χ4v) is 4.42. The zero-order valence-electron chi connectivity index (χ0n) is 15.7. The van der Waals surface area contributed by atoms with Crippen LogP contribution in [-0.4, -0.2) is 29.5 Å².